The van der Waals surface area contributed by atoms with Crippen LogP contribution in [0, 0.1) is 0 Å². The van der Waals surface area contributed by atoms with Gasteiger partial charge in [0.25, 0.3) is 0 Å². The van der Waals surface area contributed by atoms with Crippen molar-refractivity contribution in [2.75, 3.05) is 26.7 Å². The van der Waals surface area contributed by atoms with Gasteiger partial charge in [-0.2, -0.15) is 0 Å². The Kier molecular flexibility index (Phi) is 2.88. The molecule has 0 aromatic rings. The van der Waals surface area contributed by atoms with Crippen molar-refractivity contribution in [1.29, 1.82) is 0 Å². The number of amides is 2. The number of nitrogens with one attached hydrogen (secondary N) is 1. The quantitative estimate of drug-likeness (QED) is 0.391. The van der Waals surface area contributed by atoms with Gasteiger partial charge in [0.15, 0.2) is 0 Å². The van der Waals surface area contributed by atoms with Gasteiger partial charge in [-0.3, -0.25) is 5.21 Å². The lowest BCUT2D eigenvalue weighted by Crippen LogP contribution is -2.54. The summed E-state index contributed by atoms with van der Waals surface area (Å²) in [6.07, 6.45) is 0. The molecule has 0 radical (unpaired) electrons. The normalized spacial score (nSPS) is 23.9. The van der Waals surface area contributed by atoms with E-state index < -0.39 is 0 Å². The zero-order valence-corrected chi connectivity index (χ0v) is 7.45. The smallest absolute Gasteiger partial charge is 0.318 e. The molecule has 2 N–H and O–H groups in total. The van der Waals surface area contributed by atoms with Crippen LogP contribution in [0.2, 0.25) is 0 Å². The molecule has 0 spiro atoms. The van der Waals surface area contributed by atoms with Gasteiger partial charge in [-0.05, 0) is 6.92 Å². The molecule has 1 unspecified atom stereocenters. The summed E-state index contributed by atoms with van der Waals surface area (Å²) < 4.78 is 0. The molecule has 1 aliphatic heterocycles. The van der Waals surface area contributed by atoms with Crippen LogP contribution in [0.15, 0.2) is 0 Å². The van der Waals surface area contributed by atoms with E-state index in [0.717, 1.165) is 13.1 Å². The molecule has 1 saturated heterocycles. The maximum atomic E-state index is 11.3. The monoisotopic (exact) mass is 173 g/mol. The van der Waals surface area contributed by atoms with Gasteiger partial charge in [0.1, 0.15) is 0 Å². The van der Waals surface area contributed by atoms with Crippen molar-refractivity contribution in [3.8, 4) is 0 Å². The van der Waals surface area contributed by atoms with Crippen molar-refractivity contribution in [2.24, 2.45) is 0 Å². The van der Waals surface area contributed by atoms with Crippen LogP contribution in [0.25, 0.3) is 0 Å². The second-order valence-electron chi connectivity index (χ2n) is 3.05. The number of carbonyl (C=O) groups is 1. The molecule has 0 aromatic heterocycles. The van der Waals surface area contributed by atoms with Gasteiger partial charge in [-0.25, -0.2) is 9.86 Å². The fraction of sp³-hybridized carbons (Fsp3) is 0.857. The first-order valence-electron chi connectivity index (χ1n) is 4.07. The molecule has 0 bridgehead atoms. The molecule has 1 atom stereocenters. The van der Waals surface area contributed by atoms with Gasteiger partial charge in [-0.1, -0.05) is 0 Å². The maximum absolute atomic E-state index is 11.3. The highest BCUT2D eigenvalue weighted by molar-refractivity contribution is 5.73. The fourth-order valence-electron chi connectivity index (χ4n) is 1.31. The van der Waals surface area contributed by atoms with E-state index >= 15 is 0 Å². The van der Waals surface area contributed by atoms with E-state index in [4.69, 9.17) is 5.21 Å². The number of hydrogen-bond donors (Lipinski definition) is 2. The molecule has 1 heterocycles. The van der Waals surface area contributed by atoms with Crippen LogP contribution in [-0.4, -0.2) is 53.9 Å². The number of nitrogens with zero attached hydrogens (tertiary/aromatic N) is 2. The number of urea groups is 1. The van der Waals surface area contributed by atoms with E-state index in [1.807, 2.05) is 6.92 Å². The van der Waals surface area contributed by atoms with Crippen molar-refractivity contribution < 1.29 is 10.0 Å². The van der Waals surface area contributed by atoms with E-state index in [9.17, 15) is 4.79 Å². The van der Waals surface area contributed by atoms with Crippen molar-refractivity contribution in [2.45, 2.75) is 13.0 Å². The summed E-state index contributed by atoms with van der Waals surface area (Å²) in [6.45, 7) is 4.20. The highest BCUT2D eigenvalue weighted by atomic mass is 16.5. The Morgan fingerprint density at radius 3 is 2.92 bits per heavy atom. The zero-order chi connectivity index (χ0) is 9.14. The number of hydroxylamine groups is 2. The molecule has 5 nitrogen and oxygen atoms in total. The average molecular weight is 173 g/mol. The Morgan fingerprint density at radius 1 is 1.75 bits per heavy atom. The summed E-state index contributed by atoms with van der Waals surface area (Å²) in [5, 5.41) is 12.7. The SMILES string of the molecule is CC1CNCCN1C(=O)N(C)O. The first kappa shape index (κ1) is 9.28. The number of piperazine rings is 1. The predicted molar refractivity (Wildman–Crippen MR) is 44.0 cm³/mol. The maximum Gasteiger partial charge on any atom is 0.343 e. The lowest BCUT2D eigenvalue weighted by Gasteiger charge is -2.34. The second-order valence-corrected chi connectivity index (χ2v) is 3.05. The summed E-state index contributed by atoms with van der Waals surface area (Å²) >= 11 is 0. The van der Waals surface area contributed by atoms with Crippen molar-refractivity contribution in [3.05, 3.63) is 0 Å². The number of carbonyl (C=O) groups excluding carboxylic acids is 1. The van der Waals surface area contributed by atoms with Crippen LogP contribution in [0.4, 0.5) is 4.79 Å². The van der Waals surface area contributed by atoms with Crippen LogP contribution >= 0.6 is 0 Å². The standard InChI is InChI=1S/C7H15N3O2/c1-6-5-8-3-4-10(6)7(11)9(2)12/h6,8,12H,3-5H2,1-2H3. The molecule has 70 valence electrons. The van der Waals surface area contributed by atoms with Gasteiger partial charge < -0.3 is 10.2 Å². The van der Waals surface area contributed by atoms with Crippen LogP contribution in [0.5, 0.6) is 0 Å². The highest BCUT2D eigenvalue weighted by Crippen LogP contribution is 2.04. The Balaban J connectivity index is 2.53. The van der Waals surface area contributed by atoms with Gasteiger partial charge in [0.05, 0.1) is 0 Å². The Hall–Kier alpha value is -0.810. The minimum absolute atomic E-state index is 0.154. The van der Waals surface area contributed by atoms with Crippen molar-refractivity contribution >= 4 is 6.03 Å². The molecule has 1 rings (SSSR count). The topological polar surface area (TPSA) is 55.8 Å². The predicted octanol–water partition coefficient (Wildman–Crippen LogP) is -0.279. The van der Waals surface area contributed by atoms with Gasteiger partial charge in [-0.15, -0.1) is 0 Å². The molecular formula is C7H15N3O2. The first-order valence-corrected chi connectivity index (χ1v) is 4.07. The Labute approximate surface area is 71.9 Å². The summed E-state index contributed by atoms with van der Waals surface area (Å²) in [4.78, 5) is 12.9. The molecule has 0 saturated carbocycles. The average Bonchev–Trinajstić information content (AvgIpc) is 2.04. The lowest BCUT2D eigenvalue weighted by atomic mass is 10.2. The molecule has 12 heavy (non-hydrogen) atoms. The third-order valence-electron chi connectivity index (χ3n) is 2.02. The van der Waals surface area contributed by atoms with Crippen LogP contribution in [0.1, 0.15) is 6.92 Å². The third kappa shape index (κ3) is 1.86. The number of rotatable bonds is 0. The van der Waals surface area contributed by atoms with Crippen LogP contribution in [-0.2, 0) is 0 Å². The van der Waals surface area contributed by atoms with Gasteiger partial charge >= 0.3 is 6.03 Å². The minimum Gasteiger partial charge on any atom is -0.318 e. The zero-order valence-electron chi connectivity index (χ0n) is 7.45. The Morgan fingerprint density at radius 2 is 2.42 bits per heavy atom. The number of hydrogen-bond acceptors (Lipinski definition) is 3. The summed E-state index contributed by atoms with van der Waals surface area (Å²) in [5.74, 6) is 0. The molecule has 5 heteroatoms. The van der Waals surface area contributed by atoms with Crippen molar-refractivity contribution in [1.82, 2.24) is 15.3 Å². The van der Waals surface area contributed by atoms with E-state index in [0.29, 0.717) is 11.6 Å². The largest absolute Gasteiger partial charge is 0.343 e. The summed E-state index contributed by atoms with van der Waals surface area (Å²) in [5.41, 5.74) is 0. The third-order valence-corrected chi connectivity index (χ3v) is 2.02. The highest BCUT2D eigenvalue weighted by Gasteiger charge is 2.24. The summed E-state index contributed by atoms with van der Waals surface area (Å²) in [7, 11) is 1.34. The van der Waals surface area contributed by atoms with Crippen LogP contribution < -0.4 is 5.32 Å². The molecule has 1 aliphatic rings. The van der Waals surface area contributed by atoms with E-state index in [1.54, 1.807) is 4.90 Å². The van der Waals surface area contributed by atoms with Crippen molar-refractivity contribution in [3.63, 3.8) is 0 Å². The van der Waals surface area contributed by atoms with E-state index in [1.165, 1.54) is 7.05 Å². The van der Waals surface area contributed by atoms with Gasteiger partial charge in [0.2, 0.25) is 0 Å². The van der Waals surface area contributed by atoms with E-state index in [-0.39, 0.29) is 12.1 Å². The molecule has 2 amide bonds. The molecule has 0 aliphatic carbocycles. The molecule has 0 aromatic carbocycles. The van der Waals surface area contributed by atoms with Gasteiger partial charge in [0, 0.05) is 32.7 Å². The van der Waals surface area contributed by atoms with E-state index in [2.05, 4.69) is 5.32 Å². The minimum atomic E-state index is -0.330. The second kappa shape index (κ2) is 3.73. The summed E-state index contributed by atoms with van der Waals surface area (Å²) in [6, 6.07) is -0.176. The first-order chi connectivity index (χ1) is 5.63. The van der Waals surface area contributed by atoms with Crippen LogP contribution in [0.3, 0.4) is 0 Å². The fourth-order valence-corrected chi connectivity index (χ4v) is 1.31. The lowest BCUT2D eigenvalue weighted by molar-refractivity contribution is -0.0389. The molecule has 1 fully saturated rings. The molecular weight excluding hydrogens is 158 g/mol. The Bertz CT molecular complexity index is 172.